The largest absolute Gasteiger partial charge is 0.379 e. The van der Waals surface area contributed by atoms with Crippen molar-refractivity contribution in [2.24, 2.45) is 0 Å². The summed E-state index contributed by atoms with van der Waals surface area (Å²) in [6.07, 6.45) is 0. The van der Waals surface area contributed by atoms with E-state index in [2.05, 4.69) is 4.90 Å². The molecule has 0 radical (unpaired) electrons. The Bertz CT molecular complexity index is 664. The fraction of sp³-hybridized carbons (Fsp3) is 0.529. The van der Waals surface area contributed by atoms with Crippen molar-refractivity contribution in [3.63, 3.8) is 0 Å². The lowest BCUT2D eigenvalue weighted by Gasteiger charge is -2.36. The number of non-ortho nitro benzene ring substituents is 1. The predicted molar refractivity (Wildman–Crippen MR) is 92.8 cm³/mol. The number of carbonyl (C=O) groups excluding carboxylic acids is 2. The maximum atomic E-state index is 12.5. The fourth-order valence-electron chi connectivity index (χ4n) is 3.12. The Morgan fingerprint density at radius 2 is 1.54 bits per heavy atom. The molecule has 2 amide bonds. The number of hydrogen-bond acceptors (Lipinski definition) is 6. The zero-order valence-electron chi connectivity index (χ0n) is 14.5. The van der Waals surface area contributed by atoms with Crippen molar-refractivity contribution in [3.8, 4) is 0 Å². The van der Waals surface area contributed by atoms with Gasteiger partial charge in [0, 0.05) is 57.0 Å². The van der Waals surface area contributed by atoms with E-state index in [0.717, 1.165) is 13.1 Å². The van der Waals surface area contributed by atoms with E-state index in [4.69, 9.17) is 4.74 Å². The third-order valence-electron chi connectivity index (χ3n) is 4.71. The molecule has 9 heteroatoms. The minimum absolute atomic E-state index is 0.0416. The lowest BCUT2D eigenvalue weighted by molar-refractivity contribution is -0.384. The number of piperazine rings is 1. The van der Waals surface area contributed by atoms with Crippen molar-refractivity contribution in [3.05, 3.63) is 39.9 Å². The van der Waals surface area contributed by atoms with Gasteiger partial charge in [0.2, 0.25) is 5.91 Å². The fourth-order valence-corrected chi connectivity index (χ4v) is 3.12. The number of rotatable bonds is 4. The number of benzene rings is 1. The first kappa shape index (κ1) is 18.3. The van der Waals surface area contributed by atoms with E-state index in [0.29, 0.717) is 51.5 Å². The lowest BCUT2D eigenvalue weighted by atomic mass is 10.1. The summed E-state index contributed by atoms with van der Waals surface area (Å²) in [4.78, 5) is 40.6. The van der Waals surface area contributed by atoms with Gasteiger partial charge in [0.25, 0.3) is 11.6 Å². The van der Waals surface area contributed by atoms with Crippen molar-refractivity contribution in [1.29, 1.82) is 0 Å². The smallest absolute Gasteiger partial charge is 0.269 e. The molecule has 1 aromatic rings. The monoisotopic (exact) mass is 362 g/mol. The zero-order chi connectivity index (χ0) is 18.5. The number of carbonyl (C=O) groups is 2. The average molecular weight is 362 g/mol. The van der Waals surface area contributed by atoms with Gasteiger partial charge >= 0.3 is 0 Å². The Balaban J connectivity index is 1.50. The molecule has 1 aromatic carbocycles. The number of morpholine rings is 1. The third kappa shape index (κ3) is 4.36. The molecule has 0 saturated carbocycles. The summed E-state index contributed by atoms with van der Waals surface area (Å²) in [5.74, 6) is -0.0884. The van der Waals surface area contributed by atoms with E-state index in [1.54, 1.807) is 9.80 Å². The molecule has 0 aliphatic carbocycles. The number of nitro groups is 1. The topological polar surface area (TPSA) is 96.2 Å². The van der Waals surface area contributed by atoms with Crippen LogP contribution in [0.2, 0.25) is 0 Å². The van der Waals surface area contributed by atoms with Crippen LogP contribution in [0.3, 0.4) is 0 Å². The summed E-state index contributed by atoms with van der Waals surface area (Å²) < 4.78 is 5.28. The van der Waals surface area contributed by atoms with Crippen LogP contribution < -0.4 is 0 Å². The van der Waals surface area contributed by atoms with Gasteiger partial charge in [-0.3, -0.25) is 24.6 Å². The Labute approximate surface area is 151 Å². The molecule has 2 saturated heterocycles. The van der Waals surface area contributed by atoms with E-state index in [1.165, 1.54) is 24.3 Å². The summed E-state index contributed by atoms with van der Waals surface area (Å²) >= 11 is 0. The van der Waals surface area contributed by atoms with Crippen LogP contribution in [0.25, 0.3) is 0 Å². The van der Waals surface area contributed by atoms with E-state index in [9.17, 15) is 19.7 Å². The van der Waals surface area contributed by atoms with E-state index >= 15 is 0 Å². The van der Waals surface area contributed by atoms with Crippen LogP contribution in [0, 0.1) is 10.1 Å². The number of hydrogen-bond donors (Lipinski definition) is 0. The first-order valence-electron chi connectivity index (χ1n) is 8.66. The lowest BCUT2D eigenvalue weighted by Crippen LogP contribution is -2.53. The standard InChI is InChI=1S/C17H22N4O5/c22-16(13-18-9-11-26-12-10-18)19-5-7-20(8-6-19)17(23)14-1-3-15(4-2-14)21(24)25/h1-4H,5-13H2. The van der Waals surface area contributed by atoms with Gasteiger partial charge in [0.15, 0.2) is 0 Å². The second-order valence-electron chi connectivity index (χ2n) is 6.37. The molecule has 0 atom stereocenters. The molecule has 0 bridgehead atoms. The van der Waals surface area contributed by atoms with Gasteiger partial charge in [-0.05, 0) is 12.1 Å². The molecule has 0 aromatic heterocycles. The number of amides is 2. The normalized spacial score (nSPS) is 18.6. The van der Waals surface area contributed by atoms with Crippen LogP contribution in [0.5, 0.6) is 0 Å². The van der Waals surface area contributed by atoms with Gasteiger partial charge in [0.05, 0.1) is 24.7 Å². The van der Waals surface area contributed by atoms with E-state index in [-0.39, 0.29) is 17.5 Å². The molecule has 2 aliphatic heterocycles. The van der Waals surface area contributed by atoms with Crippen LogP contribution in [-0.4, -0.2) is 90.5 Å². The van der Waals surface area contributed by atoms with Gasteiger partial charge < -0.3 is 14.5 Å². The van der Waals surface area contributed by atoms with Crippen LogP contribution in [-0.2, 0) is 9.53 Å². The molecule has 140 valence electrons. The van der Waals surface area contributed by atoms with Crippen LogP contribution in [0.4, 0.5) is 5.69 Å². The number of nitrogens with zero attached hydrogens (tertiary/aromatic N) is 4. The summed E-state index contributed by atoms with van der Waals surface area (Å²) in [6.45, 7) is 5.17. The minimum Gasteiger partial charge on any atom is -0.379 e. The van der Waals surface area contributed by atoms with Gasteiger partial charge in [-0.15, -0.1) is 0 Å². The molecule has 0 unspecified atom stereocenters. The highest BCUT2D eigenvalue weighted by molar-refractivity contribution is 5.94. The first-order chi connectivity index (χ1) is 12.5. The first-order valence-corrected chi connectivity index (χ1v) is 8.66. The van der Waals surface area contributed by atoms with Crippen molar-refractivity contribution >= 4 is 17.5 Å². The molecule has 9 nitrogen and oxygen atoms in total. The predicted octanol–water partition coefficient (Wildman–Crippen LogP) is 0.211. The van der Waals surface area contributed by atoms with Crippen LogP contribution in [0.1, 0.15) is 10.4 Å². The maximum absolute atomic E-state index is 12.5. The summed E-state index contributed by atoms with van der Waals surface area (Å²) in [5, 5.41) is 10.7. The second kappa shape index (κ2) is 8.24. The summed E-state index contributed by atoms with van der Waals surface area (Å²) in [5.41, 5.74) is 0.378. The molecule has 0 N–H and O–H groups in total. The van der Waals surface area contributed by atoms with Crippen molar-refractivity contribution < 1.29 is 19.2 Å². The Hall–Kier alpha value is -2.52. The minimum atomic E-state index is -0.493. The van der Waals surface area contributed by atoms with E-state index < -0.39 is 4.92 Å². The van der Waals surface area contributed by atoms with Gasteiger partial charge in [0.1, 0.15) is 0 Å². The van der Waals surface area contributed by atoms with Crippen molar-refractivity contribution in [2.75, 3.05) is 59.0 Å². The highest BCUT2D eigenvalue weighted by Crippen LogP contribution is 2.15. The molecule has 26 heavy (non-hydrogen) atoms. The van der Waals surface area contributed by atoms with Crippen LogP contribution >= 0.6 is 0 Å². The molecule has 3 rings (SSSR count). The van der Waals surface area contributed by atoms with Crippen molar-refractivity contribution in [2.45, 2.75) is 0 Å². The molecule has 2 heterocycles. The quantitative estimate of drug-likeness (QED) is 0.561. The maximum Gasteiger partial charge on any atom is 0.269 e. The highest BCUT2D eigenvalue weighted by atomic mass is 16.6. The second-order valence-corrected chi connectivity index (χ2v) is 6.37. The van der Waals surface area contributed by atoms with E-state index in [1.807, 2.05) is 0 Å². The van der Waals surface area contributed by atoms with Gasteiger partial charge in [-0.25, -0.2) is 0 Å². The SMILES string of the molecule is O=C(CN1CCOCC1)N1CCN(C(=O)c2ccc([N+](=O)[O-])cc2)CC1. The highest BCUT2D eigenvalue weighted by Gasteiger charge is 2.26. The number of nitro benzene ring substituents is 1. The molecular weight excluding hydrogens is 340 g/mol. The average Bonchev–Trinajstić information content (AvgIpc) is 2.68. The Morgan fingerprint density at radius 1 is 0.962 bits per heavy atom. The van der Waals surface area contributed by atoms with Crippen molar-refractivity contribution in [1.82, 2.24) is 14.7 Å². The molecule has 2 aliphatic rings. The number of ether oxygens (including phenoxy) is 1. The Kier molecular flexibility index (Phi) is 5.79. The summed E-state index contributed by atoms with van der Waals surface area (Å²) in [7, 11) is 0. The summed E-state index contributed by atoms with van der Waals surface area (Å²) in [6, 6.07) is 5.59. The molecule has 0 spiro atoms. The molecular formula is C17H22N4O5. The third-order valence-corrected chi connectivity index (χ3v) is 4.71. The Morgan fingerprint density at radius 3 is 2.12 bits per heavy atom. The molecule has 2 fully saturated rings. The zero-order valence-corrected chi connectivity index (χ0v) is 14.5. The van der Waals surface area contributed by atoms with Crippen LogP contribution in [0.15, 0.2) is 24.3 Å². The van der Waals surface area contributed by atoms with Gasteiger partial charge in [-0.1, -0.05) is 0 Å². The van der Waals surface area contributed by atoms with Gasteiger partial charge in [-0.2, -0.15) is 0 Å².